The van der Waals surface area contributed by atoms with Crippen molar-refractivity contribution in [2.75, 3.05) is 0 Å². The Bertz CT molecular complexity index is 80.4. The van der Waals surface area contributed by atoms with Crippen molar-refractivity contribution in [2.24, 2.45) is 5.73 Å². The van der Waals surface area contributed by atoms with Crippen molar-refractivity contribution < 1.29 is 0 Å². The second-order valence-electron chi connectivity index (χ2n) is 1.82. The maximum absolute atomic E-state index is 6.73. The Labute approximate surface area is 56.1 Å². The summed E-state index contributed by atoms with van der Waals surface area (Å²) in [6.07, 6.45) is 3.10. The summed E-state index contributed by atoms with van der Waals surface area (Å²) >= 11 is 0. The van der Waals surface area contributed by atoms with Crippen molar-refractivity contribution in [2.45, 2.75) is 26.2 Å². The summed E-state index contributed by atoms with van der Waals surface area (Å²) in [5.74, 6) is -0.0360. The van der Waals surface area contributed by atoms with Crippen LogP contribution in [-0.4, -0.2) is 5.96 Å². The summed E-state index contributed by atoms with van der Waals surface area (Å²) in [4.78, 5) is 0. The second-order valence-corrected chi connectivity index (χ2v) is 1.82. The van der Waals surface area contributed by atoms with Gasteiger partial charge in [-0.1, -0.05) is 19.8 Å². The largest absolute Gasteiger partial charge is 0.370 e. The minimum Gasteiger partial charge on any atom is -0.370 e. The molecule has 0 unspecified atom stereocenters. The molecule has 0 bridgehead atoms. The zero-order chi connectivity index (χ0) is 7.11. The molecule has 0 aromatic heterocycles. The van der Waals surface area contributed by atoms with E-state index in [9.17, 15) is 0 Å². The predicted octanol–water partition coefficient (Wildman–Crippen LogP) is 0.698. The Morgan fingerprint density at radius 3 is 2.89 bits per heavy atom. The molecule has 0 aromatic rings. The van der Waals surface area contributed by atoms with Gasteiger partial charge in [0.05, 0.1) is 6.54 Å². The molecule has 0 aliphatic rings. The van der Waals surface area contributed by atoms with Crippen molar-refractivity contribution in [3.8, 4) is 0 Å². The first-order valence-electron chi connectivity index (χ1n) is 3.10. The molecule has 9 heavy (non-hydrogen) atoms. The smallest absolute Gasteiger partial charge is 0.186 e. The van der Waals surface area contributed by atoms with E-state index in [4.69, 9.17) is 11.1 Å². The standard InChI is InChI=1S/C6H13N3/c1-2-3-4-5-9-6(7)8/h2-4H2,1H3,(H4,7,8,9). The maximum Gasteiger partial charge on any atom is 0.186 e. The average molecular weight is 127 g/mol. The molecule has 2 radical (unpaired) electrons. The molecule has 0 fully saturated rings. The fourth-order valence-electron chi connectivity index (χ4n) is 0.423. The first kappa shape index (κ1) is 8.27. The van der Waals surface area contributed by atoms with Crippen LogP contribution in [0.5, 0.6) is 0 Å². The van der Waals surface area contributed by atoms with Crippen LogP contribution in [0, 0.1) is 12.0 Å². The molecule has 4 N–H and O–H groups in total. The number of hydrogen-bond acceptors (Lipinski definition) is 1. The molecule has 0 saturated heterocycles. The molecule has 3 heteroatoms. The minimum absolute atomic E-state index is 0.0360. The highest BCUT2D eigenvalue weighted by atomic mass is 15.0. The third-order valence-electron chi connectivity index (χ3n) is 0.878. The van der Waals surface area contributed by atoms with Crippen LogP contribution in [0.1, 0.15) is 26.2 Å². The molecule has 0 rings (SSSR count). The molecular weight excluding hydrogens is 114 g/mol. The van der Waals surface area contributed by atoms with Crippen LogP contribution in [0.3, 0.4) is 0 Å². The summed E-state index contributed by atoms with van der Waals surface area (Å²) in [5.41, 5.74) is 4.98. The number of nitrogens with one attached hydrogen (secondary N) is 2. The van der Waals surface area contributed by atoms with E-state index in [1.807, 2.05) is 0 Å². The molecular formula is C6H13N3. The molecule has 0 heterocycles. The lowest BCUT2D eigenvalue weighted by atomic mass is 10.2. The van der Waals surface area contributed by atoms with Crippen LogP contribution >= 0.6 is 0 Å². The van der Waals surface area contributed by atoms with Gasteiger partial charge in [-0.2, -0.15) is 0 Å². The molecule has 0 spiro atoms. The number of unbranched alkanes of at least 4 members (excludes halogenated alkanes) is 2. The van der Waals surface area contributed by atoms with Gasteiger partial charge >= 0.3 is 0 Å². The van der Waals surface area contributed by atoms with Gasteiger partial charge in [-0.15, -0.1) is 0 Å². The first-order valence-corrected chi connectivity index (χ1v) is 3.10. The van der Waals surface area contributed by atoms with Crippen molar-refractivity contribution in [3.63, 3.8) is 0 Å². The molecule has 0 aliphatic heterocycles. The quantitative estimate of drug-likeness (QED) is 0.225. The monoisotopic (exact) mass is 127 g/mol. The summed E-state index contributed by atoms with van der Waals surface area (Å²) < 4.78 is 0. The number of rotatable bonds is 4. The van der Waals surface area contributed by atoms with Gasteiger partial charge in [-0.3, -0.25) is 5.41 Å². The molecule has 3 nitrogen and oxygen atoms in total. The lowest BCUT2D eigenvalue weighted by molar-refractivity contribution is 0.756. The van der Waals surface area contributed by atoms with E-state index in [0.29, 0.717) is 0 Å². The molecule has 0 atom stereocenters. The van der Waals surface area contributed by atoms with Crippen LogP contribution in [-0.2, 0) is 0 Å². The lowest BCUT2D eigenvalue weighted by Gasteiger charge is -1.98. The van der Waals surface area contributed by atoms with Crippen LogP contribution in [0.2, 0.25) is 0 Å². The second kappa shape index (κ2) is 5.41. The van der Waals surface area contributed by atoms with Crippen molar-refractivity contribution in [1.29, 1.82) is 5.41 Å². The maximum atomic E-state index is 6.73. The van der Waals surface area contributed by atoms with Crippen LogP contribution in [0.4, 0.5) is 0 Å². The molecule has 52 valence electrons. The Balaban J connectivity index is 2.83. The van der Waals surface area contributed by atoms with Crippen molar-refractivity contribution in [3.05, 3.63) is 6.54 Å². The van der Waals surface area contributed by atoms with E-state index in [2.05, 4.69) is 18.8 Å². The summed E-state index contributed by atoms with van der Waals surface area (Å²) in [6, 6.07) is 0. The Kier molecular flexibility index (Phi) is 4.97. The molecule has 0 aliphatic carbocycles. The topological polar surface area (TPSA) is 61.9 Å². The van der Waals surface area contributed by atoms with Gasteiger partial charge in [0.25, 0.3) is 0 Å². The highest BCUT2D eigenvalue weighted by Gasteiger charge is 1.87. The van der Waals surface area contributed by atoms with Gasteiger partial charge < -0.3 is 11.1 Å². The number of hydrogen-bond donors (Lipinski definition) is 3. The number of guanidine groups is 1. The Morgan fingerprint density at radius 1 is 1.78 bits per heavy atom. The van der Waals surface area contributed by atoms with Gasteiger partial charge in [0.2, 0.25) is 0 Å². The third-order valence-corrected chi connectivity index (χ3v) is 0.878. The highest BCUT2D eigenvalue weighted by molar-refractivity contribution is 5.74. The van der Waals surface area contributed by atoms with Crippen LogP contribution in [0.25, 0.3) is 0 Å². The Hall–Kier alpha value is -0.730. The van der Waals surface area contributed by atoms with E-state index in [-0.39, 0.29) is 5.96 Å². The molecule has 0 aromatic carbocycles. The fraction of sp³-hybridized carbons (Fsp3) is 0.667. The van der Waals surface area contributed by atoms with Crippen molar-refractivity contribution >= 4 is 5.96 Å². The van der Waals surface area contributed by atoms with Crippen LogP contribution in [0.15, 0.2) is 0 Å². The fourth-order valence-corrected chi connectivity index (χ4v) is 0.423. The zero-order valence-corrected chi connectivity index (χ0v) is 5.70. The zero-order valence-electron chi connectivity index (χ0n) is 5.70. The summed E-state index contributed by atoms with van der Waals surface area (Å²) in [5, 5.41) is 9.23. The molecule has 0 amide bonds. The highest BCUT2D eigenvalue weighted by Crippen LogP contribution is 1.93. The molecule has 0 saturated carbocycles. The van der Waals surface area contributed by atoms with E-state index >= 15 is 0 Å². The first-order chi connectivity index (χ1) is 4.27. The van der Waals surface area contributed by atoms with Gasteiger partial charge in [0.1, 0.15) is 0 Å². The van der Waals surface area contributed by atoms with E-state index in [1.165, 1.54) is 0 Å². The van der Waals surface area contributed by atoms with Gasteiger partial charge in [0, 0.05) is 0 Å². The van der Waals surface area contributed by atoms with Gasteiger partial charge in [-0.25, -0.2) is 0 Å². The lowest BCUT2D eigenvalue weighted by Crippen LogP contribution is -2.27. The third kappa shape index (κ3) is 7.27. The summed E-state index contributed by atoms with van der Waals surface area (Å²) in [7, 11) is 0. The van der Waals surface area contributed by atoms with Gasteiger partial charge in [0.15, 0.2) is 5.96 Å². The van der Waals surface area contributed by atoms with Crippen LogP contribution < -0.4 is 11.1 Å². The van der Waals surface area contributed by atoms with E-state index in [0.717, 1.165) is 19.3 Å². The van der Waals surface area contributed by atoms with Crippen molar-refractivity contribution in [1.82, 2.24) is 5.32 Å². The van der Waals surface area contributed by atoms with E-state index < -0.39 is 0 Å². The minimum atomic E-state index is -0.0360. The van der Waals surface area contributed by atoms with E-state index in [1.54, 1.807) is 0 Å². The van der Waals surface area contributed by atoms with Gasteiger partial charge in [-0.05, 0) is 6.42 Å². The normalized spacial score (nSPS) is 9.00. The predicted molar refractivity (Wildman–Crippen MR) is 37.8 cm³/mol. The summed E-state index contributed by atoms with van der Waals surface area (Å²) in [6.45, 7) is 4.89. The Morgan fingerprint density at radius 2 is 2.44 bits per heavy atom. The average Bonchev–Trinajstić information content (AvgIpc) is 1.80. The SMILES string of the molecule is CCCC[C]NC(=N)N. The number of nitrogens with two attached hydrogens (primary N) is 1.